The van der Waals surface area contributed by atoms with E-state index in [1.807, 2.05) is 12.1 Å². The summed E-state index contributed by atoms with van der Waals surface area (Å²) in [5.41, 5.74) is 1.83. The second-order valence-electron chi connectivity index (χ2n) is 8.52. The minimum atomic E-state index is -0.354. The number of anilines is 1. The molecule has 4 rings (SSSR count). The molecule has 0 aromatic heterocycles. The van der Waals surface area contributed by atoms with Gasteiger partial charge in [0.15, 0.2) is 0 Å². The maximum Gasteiger partial charge on any atom is 0.319 e. The van der Waals surface area contributed by atoms with Gasteiger partial charge in [0, 0.05) is 22.8 Å². The summed E-state index contributed by atoms with van der Waals surface area (Å²) in [4.78, 5) is 15.0. The number of halogens is 2. The van der Waals surface area contributed by atoms with Crippen LogP contribution in [0.5, 0.6) is 0 Å². The molecule has 1 heterocycles. The number of rotatable bonds is 5. The monoisotopic (exact) mass is 429 g/mol. The van der Waals surface area contributed by atoms with Gasteiger partial charge in [0.2, 0.25) is 0 Å². The predicted octanol–water partition coefficient (Wildman–Crippen LogP) is 5.48. The first-order valence-corrected chi connectivity index (χ1v) is 11.3. The molecule has 2 aliphatic rings. The number of hydrogen-bond acceptors (Lipinski definition) is 2. The van der Waals surface area contributed by atoms with Crippen molar-refractivity contribution < 1.29 is 9.18 Å². The number of piperidine rings is 1. The first-order chi connectivity index (χ1) is 14.6. The summed E-state index contributed by atoms with van der Waals surface area (Å²) >= 11 is 5.99. The molecule has 1 saturated carbocycles. The highest BCUT2D eigenvalue weighted by molar-refractivity contribution is 6.30. The van der Waals surface area contributed by atoms with Gasteiger partial charge in [0.05, 0.1) is 0 Å². The molecule has 2 N–H and O–H groups in total. The van der Waals surface area contributed by atoms with Crippen molar-refractivity contribution in [2.45, 2.75) is 50.6 Å². The minimum Gasteiger partial charge on any atom is -0.334 e. The molecule has 6 heteroatoms. The zero-order valence-electron chi connectivity index (χ0n) is 17.1. The molecule has 2 aromatic rings. The van der Waals surface area contributed by atoms with Crippen molar-refractivity contribution in [3.05, 3.63) is 64.9 Å². The summed E-state index contributed by atoms with van der Waals surface area (Å²) in [5, 5.41) is 6.66. The third-order valence-electron chi connectivity index (χ3n) is 6.43. The van der Waals surface area contributed by atoms with Crippen molar-refractivity contribution in [3.63, 3.8) is 0 Å². The third-order valence-corrected chi connectivity index (χ3v) is 6.69. The fourth-order valence-corrected chi connectivity index (χ4v) is 5.02. The number of carbonyl (C=O) groups is 1. The third kappa shape index (κ3) is 5.52. The number of nitrogens with zero attached hydrogens (tertiary/aromatic N) is 1. The van der Waals surface area contributed by atoms with Crippen molar-refractivity contribution in [1.29, 1.82) is 0 Å². The van der Waals surface area contributed by atoms with Crippen LogP contribution in [0.15, 0.2) is 48.5 Å². The van der Waals surface area contributed by atoms with Crippen molar-refractivity contribution in [2.75, 3.05) is 18.4 Å². The lowest BCUT2D eigenvalue weighted by atomic mass is 9.89. The fourth-order valence-electron chi connectivity index (χ4n) is 4.89. The maximum atomic E-state index is 13.3. The Morgan fingerprint density at radius 2 is 1.83 bits per heavy atom. The van der Waals surface area contributed by atoms with Crippen LogP contribution in [-0.2, 0) is 6.42 Å². The Morgan fingerprint density at radius 3 is 2.57 bits per heavy atom. The maximum absolute atomic E-state index is 13.3. The van der Waals surface area contributed by atoms with E-state index in [9.17, 15) is 9.18 Å². The first-order valence-electron chi connectivity index (χ1n) is 10.9. The topological polar surface area (TPSA) is 44.4 Å². The van der Waals surface area contributed by atoms with Crippen LogP contribution in [0.1, 0.15) is 37.7 Å². The van der Waals surface area contributed by atoms with Gasteiger partial charge in [-0.15, -0.1) is 0 Å². The van der Waals surface area contributed by atoms with Crippen LogP contribution in [0.25, 0.3) is 0 Å². The highest BCUT2D eigenvalue weighted by Crippen LogP contribution is 2.30. The smallest absolute Gasteiger partial charge is 0.319 e. The molecule has 0 bridgehead atoms. The fraction of sp³-hybridized carbons (Fsp3) is 0.458. The lowest BCUT2D eigenvalue weighted by molar-refractivity contribution is 0.119. The van der Waals surface area contributed by atoms with E-state index in [1.165, 1.54) is 30.5 Å². The van der Waals surface area contributed by atoms with Crippen LogP contribution in [0.4, 0.5) is 14.9 Å². The van der Waals surface area contributed by atoms with E-state index in [-0.39, 0.29) is 17.9 Å². The summed E-state index contributed by atoms with van der Waals surface area (Å²) in [7, 11) is 0. The van der Waals surface area contributed by atoms with Gasteiger partial charge in [-0.25, -0.2) is 9.18 Å². The second-order valence-corrected chi connectivity index (χ2v) is 8.96. The summed E-state index contributed by atoms with van der Waals surface area (Å²) < 4.78 is 13.3. The van der Waals surface area contributed by atoms with Crippen LogP contribution in [-0.4, -0.2) is 36.1 Å². The predicted molar refractivity (Wildman–Crippen MR) is 119 cm³/mol. The van der Waals surface area contributed by atoms with Crippen LogP contribution in [0.3, 0.4) is 0 Å². The molecule has 2 atom stereocenters. The number of amides is 2. The molecule has 0 radical (unpaired) electrons. The van der Waals surface area contributed by atoms with E-state index in [0.29, 0.717) is 17.6 Å². The zero-order valence-corrected chi connectivity index (χ0v) is 17.9. The average molecular weight is 430 g/mol. The second kappa shape index (κ2) is 9.80. The highest BCUT2D eigenvalue weighted by Gasteiger charge is 2.35. The van der Waals surface area contributed by atoms with E-state index >= 15 is 0 Å². The summed E-state index contributed by atoms with van der Waals surface area (Å²) in [6, 6.07) is 14.5. The number of carbonyl (C=O) groups excluding carboxylic acids is 1. The average Bonchev–Trinajstić information content (AvgIpc) is 3.18. The van der Waals surface area contributed by atoms with E-state index in [1.54, 1.807) is 12.1 Å². The minimum absolute atomic E-state index is 0.145. The zero-order chi connectivity index (χ0) is 20.9. The molecular formula is C24H29ClFN3O. The van der Waals surface area contributed by atoms with Crippen LogP contribution in [0.2, 0.25) is 5.02 Å². The number of urea groups is 1. The molecule has 2 amide bonds. The van der Waals surface area contributed by atoms with Gasteiger partial charge in [-0.05, 0) is 93.4 Å². The lowest BCUT2D eigenvalue weighted by Gasteiger charge is -2.38. The van der Waals surface area contributed by atoms with E-state index < -0.39 is 0 Å². The SMILES string of the molecule is O=C(Nc1cccc(F)c1)NC1CCCC1N1CCC(Cc2ccc(Cl)cc2)CC1. The lowest BCUT2D eigenvalue weighted by Crippen LogP contribution is -2.52. The van der Waals surface area contributed by atoms with E-state index in [0.717, 1.165) is 43.8 Å². The van der Waals surface area contributed by atoms with Gasteiger partial charge < -0.3 is 10.6 Å². The molecular weight excluding hydrogens is 401 g/mol. The van der Waals surface area contributed by atoms with E-state index in [4.69, 9.17) is 11.6 Å². The Kier molecular flexibility index (Phi) is 6.90. The number of hydrogen-bond donors (Lipinski definition) is 2. The van der Waals surface area contributed by atoms with Gasteiger partial charge in [-0.1, -0.05) is 29.8 Å². The van der Waals surface area contributed by atoms with Gasteiger partial charge in [0.25, 0.3) is 0 Å². The van der Waals surface area contributed by atoms with Crippen LogP contribution in [0, 0.1) is 11.7 Å². The molecule has 2 aromatic carbocycles. The summed E-state index contributed by atoms with van der Waals surface area (Å²) in [6.07, 6.45) is 6.70. The van der Waals surface area contributed by atoms with Gasteiger partial charge >= 0.3 is 6.03 Å². The molecule has 160 valence electrons. The van der Waals surface area contributed by atoms with Gasteiger partial charge in [0.1, 0.15) is 5.82 Å². The Bertz CT molecular complexity index is 852. The van der Waals surface area contributed by atoms with Gasteiger partial charge in [-0.2, -0.15) is 0 Å². The van der Waals surface area contributed by atoms with E-state index in [2.05, 4.69) is 27.7 Å². The first kappa shape index (κ1) is 21.1. The number of benzene rings is 2. The Labute approximate surface area is 182 Å². The molecule has 1 aliphatic carbocycles. The molecule has 30 heavy (non-hydrogen) atoms. The normalized spacial score (nSPS) is 22.7. The quantitative estimate of drug-likeness (QED) is 0.661. The standard InChI is InChI=1S/C24H29ClFN3O/c25-19-9-7-17(8-10-19)15-18-11-13-29(14-12-18)23-6-2-5-22(23)28-24(30)27-21-4-1-3-20(26)16-21/h1,3-4,7-10,16,18,22-23H,2,5-6,11-15H2,(H2,27,28,30). The Hall–Kier alpha value is -2.11. The number of nitrogens with one attached hydrogen (secondary N) is 2. The largest absolute Gasteiger partial charge is 0.334 e. The summed E-state index contributed by atoms with van der Waals surface area (Å²) in [5.74, 6) is 0.347. The van der Waals surface area contributed by atoms with Gasteiger partial charge in [-0.3, -0.25) is 4.90 Å². The molecule has 1 saturated heterocycles. The molecule has 0 spiro atoms. The van der Waals surface area contributed by atoms with Crippen LogP contribution >= 0.6 is 11.6 Å². The summed E-state index contributed by atoms with van der Waals surface area (Å²) in [6.45, 7) is 2.15. The van der Waals surface area contributed by atoms with Crippen molar-refractivity contribution in [3.8, 4) is 0 Å². The molecule has 2 unspecified atom stereocenters. The highest BCUT2D eigenvalue weighted by atomic mass is 35.5. The molecule has 1 aliphatic heterocycles. The molecule has 2 fully saturated rings. The van der Waals surface area contributed by atoms with Crippen molar-refractivity contribution in [1.82, 2.24) is 10.2 Å². The number of likely N-dealkylation sites (tertiary alicyclic amines) is 1. The van der Waals surface area contributed by atoms with Crippen LogP contribution < -0.4 is 10.6 Å². The van der Waals surface area contributed by atoms with Crippen molar-refractivity contribution >= 4 is 23.3 Å². The molecule has 4 nitrogen and oxygen atoms in total. The van der Waals surface area contributed by atoms with Crippen molar-refractivity contribution in [2.24, 2.45) is 5.92 Å². The Balaban J connectivity index is 1.26. The Morgan fingerprint density at radius 1 is 1.07 bits per heavy atom.